The molecular weight excluding hydrogens is 332 g/mol. The first-order valence-electron chi connectivity index (χ1n) is 8.78. The average Bonchev–Trinajstić information content (AvgIpc) is 2.66. The maximum atomic E-state index is 12.6. The van der Waals surface area contributed by atoms with Crippen molar-refractivity contribution in [2.75, 3.05) is 32.1 Å². The molecule has 7 nitrogen and oxygen atoms in total. The molecule has 1 aliphatic heterocycles. The van der Waals surface area contributed by atoms with E-state index in [-0.39, 0.29) is 17.6 Å². The van der Waals surface area contributed by atoms with Gasteiger partial charge in [-0.3, -0.25) is 14.6 Å². The Balaban J connectivity index is 1.64. The van der Waals surface area contributed by atoms with Crippen molar-refractivity contribution in [1.82, 2.24) is 14.5 Å². The molecule has 0 aliphatic carbocycles. The lowest BCUT2D eigenvalue weighted by Gasteiger charge is -2.33. The molecule has 0 radical (unpaired) electrons. The largest absolute Gasteiger partial charge is 0.388 e. The van der Waals surface area contributed by atoms with Gasteiger partial charge in [0.25, 0.3) is 5.56 Å². The molecule has 1 fully saturated rings. The Morgan fingerprint density at radius 2 is 2.23 bits per heavy atom. The van der Waals surface area contributed by atoms with E-state index in [9.17, 15) is 9.59 Å². The third-order valence-corrected chi connectivity index (χ3v) is 4.48. The van der Waals surface area contributed by atoms with Crippen molar-refractivity contribution in [2.24, 2.45) is 0 Å². The number of rotatable bonds is 5. The van der Waals surface area contributed by atoms with Gasteiger partial charge in [-0.05, 0) is 25.1 Å². The lowest BCUT2D eigenvalue weighted by Crippen LogP contribution is -2.43. The van der Waals surface area contributed by atoms with Gasteiger partial charge in [0.15, 0.2) is 0 Å². The van der Waals surface area contributed by atoms with Gasteiger partial charge in [-0.2, -0.15) is 0 Å². The molecule has 0 saturated carbocycles. The summed E-state index contributed by atoms with van der Waals surface area (Å²) in [6, 6.07) is 8.90. The molecular formula is C19H24N4O3. The summed E-state index contributed by atoms with van der Waals surface area (Å²) in [5, 5.41) is 3.12. The van der Waals surface area contributed by atoms with E-state index >= 15 is 0 Å². The molecule has 26 heavy (non-hydrogen) atoms. The second kappa shape index (κ2) is 8.14. The minimum atomic E-state index is -0.237. The summed E-state index contributed by atoms with van der Waals surface area (Å²) in [7, 11) is 1.86. The van der Waals surface area contributed by atoms with Crippen LogP contribution in [0.25, 0.3) is 0 Å². The quantitative estimate of drug-likeness (QED) is 0.880. The Hall–Kier alpha value is -2.67. The summed E-state index contributed by atoms with van der Waals surface area (Å²) < 4.78 is 7.39. The van der Waals surface area contributed by atoms with Crippen molar-refractivity contribution >= 4 is 11.6 Å². The summed E-state index contributed by atoms with van der Waals surface area (Å²) in [6.45, 7) is 3.83. The first kappa shape index (κ1) is 18.1. The van der Waals surface area contributed by atoms with Crippen molar-refractivity contribution in [1.29, 1.82) is 0 Å². The van der Waals surface area contributed by atoms with Crippen molar-refractivity contribution in [2.45, 2.75) is 26.0 Å². The number of morpholine rings is 1. The van der Waals surface area contributed by atoms with E-state index in [2.05, 4.69) is 10.3 Å². The smallest absolute Gasteiger partial charge is 0.250 e. The molecule has 1 amide bonds. The lowest BCUT2D eigenvalue weighted by molar-refractivity contribution is -0.139. The van der Waals surface area contributed by atoms with Gasteiger partial charge >= 0.3 is 0 Å². The van der Waals surface area contributed by atoms with Crippen LogP contribution in [0.5, 0.6) is 0 Å². The van der Waals surface area contributed by atoms with Gasteiger partial charge in [0, 0.05) is 50.2 Å². The molecule has 3 heterocycles. The number of hydrogen-bond acceptors (Lipinski definition) is 5. The van der Waals surface area contributed by atoms with E-state index in [1.165, 1.54) is 6.07 Å². The van der Waals surface area contributed by atoms with Crippen LogP contribution in [0, 0.1) is 6.92 Å². The van der Waals surface area contributed by atoms with Crippen LogP contribution < -0.4 is 10.9 Å². The predicted molar refractivity (Wildman–Crippen MR) is 99.1 cm³/mol. The topological polar surface area (TPSA) is 76.5 Å². The molecule has 0 spiro atoms. The van der Waals surface area contributed by atoms with E-state index in [1.54, 1.807) is 27.8 Å². The first-order chi connectivity index (χ1) is 12.6. The second-order valence-corrected chi connectivity index (χ2v) is 6.35. The highest BCUT2D eigenvalue weighted by molar-refractivity contribution is 5.76. The van der Waals surface area contributed by atoms with Crippen molar-refractivity contribution in [3.05, 3.63) is 58.3 Å². The Morgan fingerprint density at radius 1 is 1.38 bits per heavy atom. The van der Waals surface area contributed by atoms with Crippen LogP contribution in [0.15, 0.2) is 41.3 Å². The minimum absolute atomic E-state index is 0.0237. The van der Waals surface area contributed by atoms with Gasteiger partial charge < -0.3 is 19.5 Å². The molecule has 2 aromatic heterocycles. The fourth-order valence-corrected chi connectivity index (χ4v) is 3.08. The van der Waals surface area contributed by atoms with Crippen LogP contribution in [0.4, 0.5) is 5.69 Å². The highest BCUT2D eigenvalue weighted by Crippen LogP contribution is 2.24. The van der Waals surface area contributed by atoms with Gasteiger partial charge in [0.2, 0.25) is 5.91 Å². The molecule has 0 unspecified atom stereocenters. The lowest BCUT2D eigenvalue weighted by atomic mass is 10.1. The molecule has 1 aliphatic rings. The number of ether oxygens (including phenoxy) is 1. The number of anilines is 1. The number of aromatic nitrogens is 2. The van der Waals surface area contributed by atoms with Crippen LogP contribution in [-0.2, 0) is 16.1 Å². The SMILES string of the molecule is CNc1cc(C)nc([C@@H]2CN(C(=O)CCn3ccccc3=O)CCO2)c1. The fraction of sp³-hybridized carbons (Fsp3) is 0.421. The molecule has 0 bridgehead atoms. The zero-order chi connectivity index (χ0) is 18.5. The van der Waals surface area contributed by atoms with Gasteiger partial charge in [-0.25, -0.2) is 0 Å². The Labute approximate surface area is 152 Å². The maximum Gasteiger partial charge on any atom is 0.250 e. The average molecular weight is 356 g/mol. The minimum Gasteiger partial charge on any atom is -0.388 e. The van der Waals surface area contributed by atoms with Gasteiger partial charge in [0.05, 0.1) is 18.8 Å². The third-order valence-electron chi connectivity index (χ3n) is 4.48. The molecule has 1 saturated heterocycles. The monoisotopic (exact) mass is 356 g/mol. The number of nitrogens with zero attached hydrogens (tertiary/aromatic N) is 3. The number of amides is 1. The van der Waals surface area contributed by atoms with Crippen molar-refractivity contribution < 1.29 is 9.53 Å². The number of aryl methyl sites for hydroxylation is 2. The van der Waals surface area contributed by atoms with E-state index < -0.39 is 0 Å². The number of pyridine rings is 2. The van der Waals surface area contributed by atoms with Crippen LogP contribution in [0.3, 0.4) is 0 Å². The number of nitrogens with one attached hydrogen (secondary N) is 1. The summed E-state index contributed by atoms with van der Waals surface area (Å²) in [6.07, 6.45) is 1.76. The van der Waals surface area contributed by atoms with Crippen molar-refractivity contribution in [3.8, 4) is 0 Å². The van der Waals surface area contributed by atoms with E-state index in [0.717, 1.165) is 17.1 Å². The van der Waals surface area contributed by atoms with Crippen LogP contribution >= 0.6 is 0 Å². The summed E-state index contributed by atoms with van der Waals surface area (Å²) in [5.74, 6) is 0.0237. The van der Waals surface area contributed by atoms with Gasteiger partial charge in [-0.1, -0.05) is 6.07 Å². The zero-order valence-corrected chi connectivity index (χ0v) is 15.1. The molecule has 1 atom stereocenters. The molecule has 138 valence electrons. The molecule has 3 rings (SSSR count). The standard InChI is InChI=1S/C19H24N4O3/c1-14-11-15(20-2)12-16(21-14)17-13-23(9-10-26-17)19(25)6-8-22-7-4-3-5-18(22)24/h3-5,7,11-12,17H,6,8-10,13H2,1-2H3,(H,20,21)/t17-/m0/s1. The molecule has 2 aromatic rings. The summed E-state index contributed by atoms with van der Waals surface area (Å²) in [5.41, 5.74) is 2.61. The zero-order valence-electron chi connectivity index (χ0n) is 15.1. The summed E-state index contributed by atoms with van der Waals surface area (Å²) >= 11 is 0. The molecule has 1 N–H and O–H groups in total. The third kappa shape index (κ3) is 4.29. The fourth-order valence-electron chi connectivity index (χ4n) is 3.08. The van der Waals surface area contributed by atoms with Gasteiger partial charge in [-0.15, -0.1) is 0 Å². The van der Waals surface area contributed by atoms with E-state index in [1.807, 2.05) is 26.1 Å². The van der Waals surface area contributed by atoms with Crippen LogP contribution in [0.2, 0.25) is 0 Å². The highest BCUT2D eigenvalue weighted by atomic mass is 16.5. The van der Waals surface area contributed by atoms with Crippen LogP contribution in [0.1, 0.15) is 23.9 Å². The Bertz CT molecular complexity index is 834. The second-order valence-electron chi connectivity index (χ2n) is 6.35. The highest BCUT2D eigenvalue weighted by Gasteiger charge is 2.26. The Morgan fingerprint density at radius 3 is 3.00 bits per heavy atom. The summed E-state index contributed by atoms with van der Waals surface area (Å²) in [4.78, 5) is 30.7. The molecule has 7 heteroatoms. The van der Waals surface area contributed by atoms with Crippen LogP contribution in [-0.4, -0.2) is 47.1 Å². The Kier molecular flexibility index (Phi) is 5.68. The maximum absolute atomic E-state index is 12.6. The van der Waals surface area contributed by atoms with Crippen molar-refractivity contribution in [3.63, 3.8) is 0 Å². The first-order valence-corrected chi connectivity index (χ1v) is 8.78. The normalized spacial score (nSPS) is 17.2. The number of hydrogen-bond donors (Lipinski definition) is 1. The number of carbonyl (C=O) groups is 1. The van der Waals surface area contributed by atoms with E-state index in [4.69, 9.17) is 4.74 Å². The number of carbonyl (C=O) groups excluding carboxylic acids is 1. The predicted octanol–water partition coefficient (Wildman–Crippen LogP) is 1.58. The molecule has 0 aromatic carbocycles. The van der Waals surface area contributed by atoms with Gasteiger partial charge in [0.1, 0.15) is 6.10 Å². The van der Waals surface area contributed by atoms with E-state index in [0.29, 0.717) is 32.7 Å².